The summed E-state index contributed by atoms with van der Waals surface area (Å²) in [4.78, 5) is 15.9. The second kappa shape index (κ2) is 10.3. The van der Waals surface area contributed by atoms with Gasteiger partial charge in [0.05, 0.1) is 0 Å². The van der Waals surface area contributed by atoms with Gasteiger partial charge in [0.1, 0.15) is 0 Å². The summed E-state index contributed by atoms with van der Waals surface area (Å²) < 4.78 is 2.48. The monoisotopic (exact) mass is 615 g/mol. The minimum Gasteiger partial charge on any atom is -0.208 e. The van der Waals surface area contributed by atoms with E-state index in [2.05, 4.69) is 152 Å². The molecule has 0 bridgehead atoms. The molecule has 4 heteroatoms. The van der Waals surface area contributed by atoms with Crippen molar-refractivity contribution >= 4 is 74.6 Å². The molecule has 2 aromatic heterocycles. The van der Waals surface area contributed by atoms with Crippen molar-refractivity contribution in [3.05, 3.63) is 152 Å². The van der Waals surface area contributed by atoms with Crippen LogP contribution in [-0.4, -0.2) is 15.0 Å². The fourth-order valence-corrected chi connectivity index (χ4v) is 8.23. The highest BCUT2D eigenvalue weighted by Crippen LogP contribution is 2.42. The van der Waals surface area contributed by atoms with Gasteiger partial charge in [-0.1, -0.05) is 127 Å². The van der Waals surface area contributed by atoms with Crippen LogP contribution in [0.1, 0.15) is 0 Å². The number of rotatable bonds is 3. The molecule has 218 valence electrons. The lowest BCUT2D eigenvalue weighted by Crippen LogP contribution is -2.01. The molecule has 0 aliphatic heterocycles. The lowest BCUT2D eigenvalue weighted by Gasteiger charge is -2.15. The van der Waals surface area contributed by atoms with E-state index in [0.29, 0.717) is 17.5 Å². The fraction of sp³-hybridized carbons (Fsp3) is 0. The number of aromatic nitrogens is 3. The van der Waals surface area contributed by atoms with Crippen molar-refractivity contribution in [2.45, 2.75) is 0 Å². The average molecular weight is 616 g/mol. The predicted molar refractivity (Wildman–Crippen MR) is 199 cm³/mol. The Bertz CT molecular complexity index is 2870. The average Bonchev–Trinajstić information content (AvgIpc) is 3.53. The molecule has 0 aliphatic carbocycles. The zero-order valence-corrected chi connectivity index (χ0v) is 26.0. The predicted octanol–water partition coefficient (Wildman–Crippen LogP) is 11.9. The maximum atomic E-state index is 5.34. The molecule has 10 aromatic rings. The van der Waals surface area contributed by atoms with Crippen molar-refractivity contribution in [2.75, 3.05) is 0 Å². The second-order valence-corrected chi connectivity index (χ2v) is 13.1. The Morgan fingerprint density at radius 1 is 0.340 bits per heavy atom. The first-order valence-electron chi connectivity index (χ1n) is 15.8. The summed E-state index contributed by atoms with van der Waals surface area (Å²) in [7, 11) is 0. The first-order valence-corrected chi connectivity index (χ1v) is 16.6. The highest BCUT2D eigenvalue weighted by molar-refractivity contribution is 7.25. The minimum absolute atomic E-state index is 0.661. The molecular weight excluding hydrogens is 591 g/mol. The molecular formula is C43H25N3S. The zero-order chi connectivity index (χ0) is 30.9. The number of fused-ring (bicyclic) bond motifs is 9. The van der Waals surface area contributed by atoms with Crippen LogP contribution >= 0.6 is 11.3 Å². The summed E-state index contributed by atoms with van der Waals surface area (Å²) in [5.41, 5.74) is 2.98. The van der Waals surface area contributed by atoms with E-state index < -0.39 is 0 Å². The van der Waals surface area contributed by atoms with Gasteiger partial charge in [-0.05, 0) is 62.0 Å². The third-order valence-corrected chi connectivity index (χ3v) is 10.4. The third kappa shape index (κ3) is 4.16. The molecule has 0 saturated carbocycles. The van der Waals surface area contributed by atoms with Crippen LogP contribution in [0, 0.1) is 0 Å². The molecule has 0 N–H and O–H groups in total. The van der Waals surface area contributed by atoms with Crippen molar-refractivity contribution in [3.63, 3.8) is 0 Å². The van der Waals surface area contributed by atoms with E-state index in [-0.39, 0.29) is 0 Å². The first-order chi connectivity index (χ1) is 23.3. The molecule has 0 spiro atoms. The van der Waals surface area contributed by atoms with Crippen LogP contribution < -0.4 is 0 Å². The number of nitrogens with zero attached hydrogens (tertiary/aromatic N) is 3. The molecule has 0 unspecified atom stereocenters. The molecule has 0 radical (unpaired) electrons. The van der Waals surface area contributed by atoms with E-state index >= 15 is 0 Å². The Morgan fingerprint density at radius 3 is 1.85 bits per heavy atom. The van der Waals surface area contributed by atoms with Gasteiger partial charge in [0, 0.05) is 42.2 Å². The van der Waals surface area contributed by atoms with Crippen LogP contribution in [0.5, 0.6) is 0 Å². The van der Waals surface area contributed by atoms with E-state index in [0.717, 1.165) is 32.8 Å². The van der Waals surface area contributed by atoms with E-state index in [9.17, 15) is 0 Å². The summed E-state index contributed by atoms with van der Waals surface area (Å²) in [6.45, 7) is 0. The zero-order valence-electron chi connectivity index (χ0n) is 25.2. The maximum Gasteiger partial charge on any atom is 0.164 e. The summed E-state index contributed by atoms with van der Waals surface area (Å²) in [5.74, 6) is 2.00. The van der Waals surface area contributed by atoms with Crippen molar-refractivity contribution in [2.24, 2.45) is 0 Å². The van der Waals surface area contributed by atoms with E-state index in [1.165, 1.54) is 47.1 Å². The van der Waals surface area contributed by atoms with Crippen molar-refractivity contribution < 1.29 is 0 Å². The van der Waals surface area contributed by atoms with Crippen LogP contribution in [-0.2, 0) is 0 Å². The number of thiophene rings is 1. The highest BCUT2D eigenvalue weighted by Gasteiger charge is 2.20. The minimum atomic E-state index is 0.661. The third-order valence-electron chi connectivity index (χ3n) is 9.28. The van der Waals surface area contributed by atoms with Crippen molar-refractivity contribution in [3.8, 4) is 34.2 Å². The summed E-state index contributed by atoms with van der Waals surface area (Å²) in [6, 6.07) is 53.9. The van der Waals surface area contributed by atoms with Gasteiger partial charge in [0.25, 0.3) is 0 Å². The topological polar surface area (TPSA) is 38.7 Å². The fourth-order valence-electron chi connectivity index (χ4n) is 7.09. The Labute approximate surface area is 274 Å². The molecule has 0 amide bonds. The van der Waals surface area contributed by atoms with Crippen LogP contribution in [0.2, 0.25) is 0 Å². The number of benzene rings is 8. The highest BCUT2D eigenvalue weighted by atomic mass is 32.1. The Kier molecular flexibility index (Phi) is 5.74. The summed E-state index contributed by atoms with van der Waals surface area (Å²) >= 11 is 1.81. The van der Waals surface area contributed by atoms with Gasteiger partial charge in [-0.25, -0.2) is 15.0 Å². The SMILES string of the molecule is c1ccc2cc(-c3nc(-c4cccc5sc6ccccc6c45)nc(-c4cc5ccccc5c5ccc6ccccc6c45)n3)ccc2c1. The maximum absolute atomic E-state index is 5.34. The molecule has 3 nitrogen and oxygen atoms in total. The second-order valence-electron chi connectivity index (χ2n) is 12.0. The van der Waals surface area contributed by atoms with Crippen LogP contribution in [0.15, 0.2) is 152 Å². The normalized spacial score (nSPS) is 11.8. The summed E-state index contributed by atoms with van der Waals surface area (Å²) in [5, 5.41) is 11.8. The molecule has 0 atom stereocenters. The molecule has 0 aliphatic rings. The lowest BCUT2D eigenvalue weighted by molar-refractivity contribution is 1.08. The standard InChI is InChI=1S/C43H25N3S/c1-2-12-28-24-30(21-20-26(28)10-1)41-44-42(35-17-9-19-38-40(35)34-16-7-8-18-37(34)47-38)46-43(45-41)36-25-29-13-4-5-14-31(29)33-23-22-27-11-3-6-15-32(27)39(33)36/h1-25H. The molecule has 8 aromatic carbocycles. The lowest BCUT2D eigenvalue weighted by atomic mass is 9.92. The van der Waals surface area contributed by atoms with Gasteiger partial charge in [0.15, 0.2) is 17.5 Å². The summed E-state index contributed by atoms with van der Waals surface area (Å²) in [6.07, 6.45) is 0. The van der Waals surface area contributed by atoms with Crippen LogP contribution in [0.3, 0.4) is 0 Å². The van der Waals surface area contributed by atoms with E-state index in [4.69, 9.17) is 15.0 Å². The molecule has 0 saturated heterocycles. The molecule has 2 heterocycles. The Balaban J connectivity index is 1.33. The van der Waals surface area contributed by atoms with Crippen molar-refractivity contribution in [1.82, 2.24) is 15.0 Å². The van der Waals surface area contributed by atoms with Crippen LogP contribution in [0.25, 0.3) is 97.4 Å². The van der Waals surface area contributed by atoms with E-state index in [1.54, 1.807) is 11.3 Å². The van der Waals surface area contributed by atoms with Gasteiger partial charge in [-0.15, -0.1) is 11.3 Å². The molecule has 0 fully saturated rings. The molecule has 10 rings (SSSR count). The smallest absolute Gasteiger partial charge is 0.164 e. The van der Waals surface area contributed by atoms with Gasteiger partial charge >= 0.3 is 0 Å². The van der Waals surface area contributed by atoms with Gasteiger partial charge in [0.2, 0.25) is 0 Å². The van der Waals surface area contributed by atoms with Crippen LogP contribution in [0.4, 0.5) is 0 Å². The van der Waals surface area contributed by atoms with Gasteiger partial charge < -0.3 is 0 Å². The molecule has 47 heavy (non-hydrogen) atoms. The first kappa shape index (κ1) is 26.3. The largest absolute Gasteiger partial charge is 0.208 e. The van der Waals surface area contributed by atoms with Crippen molar-refractivity contribution in [1.29, 1.82) is 0 Å². The van der Waals surface area contributed by atoms with Gasteiger partial charge in [-0.2, -0.15) is 0 Å². The quantitative estimate of drug-likeness (QED) is 0.186. The Hall–Kier alpha value is -5.97. The van der Waals surface area contributed by atoms with E-state index in [1.807, 2.05) is 0 Å². The number of hydrogen-bond donors (Lipinski definition) is 0. The van der Waals surface area contributed by atoms with Gasteiger partial charge in [-0.3, -0.25) is 0 Å². The number of hydrogen-bond acceptors (Lipinski definition) is 4. The Morgan fingerprint density at radius 2 is 0.979 bits per heavy atom.